The molecule has 0 radical (unpaired) electrons. The number of rotatable bonds is 1. The molecule has 0 spiro atoms. The summed E-state index contributed by atoms with van der Waals surface area (Å²) in [7, 11) is 0. The first-order chi connectivity index (χ1) is 11.1. The predicted molar refractivity (Wildman–Crippen MR) is 104 cm³/mol. The number of ether oxygens (including phenoxy) is 1. The maximum atomic E-state index is 13.0. The van der Waals surface area contributed by atoms with Crippen LogP contribution in [0.25, 0.3) is 0 Å². The minimum atomic E-state index is -0.551. The van der Waals surface area contributed by atoms with Crippen molar-refractivity contribution >= 4 is 36.8 Å². The number of amides is 2. The number of hydrogen-bond acceptors (Lipinski definition) is 3. The summed E-state index contributed by atoms with van der Waals surface area (Å²) in [5, 5.41) is 0. The fourth-order valence-corrected chi connectivity index (χ4v) is 2.94. The van der Waals surface area contributed by atoms with Crippen LogP contribution in [0.15, 0.2) is 24.3 Å². The van der Waals surface area contributed by atoms with Crippen molar-refractivity contribution in [3.8, 4) is 0 Å². The highest BCUT2D eigenvalue weighted by Crippen LogP contribution is 2.21. The SMILES string of the molecule is C[C@@H]1CN(C(=O)OC(C)(C)C)C[C@H](C)N1C(=O)c1ccc(F)cc1.Cl.Cl. The summed E-state index contributed by atoms with van der Waals surface area (Å²) >= 11 is 0. The summed E-state index contributed by atoms with van der Waals surface area (Å²) < 4.78 is 18.4. The van der Waals surface area contributed by atoms with Gasteiger partial charge in [0.15, 0.2) is 0 Å². The maximum Gasteiger partial charge on any atom is 0.410 e. The van der Waals surface area contributed by atoms with E-state index in [1.165, 1.54) is 24.3 Å². The van der Waals surface area contributed by atoms with E-state index in [-0.39, 0.29) is 54.7 Å². The Bertz CT molecular complexity index is 608. The molecule has 5 nitrogen and oxygen atoms in total. The van der Waals surface area contributed by atoms with E-state index in [1.54, 1.807) is 9.80 Å². The van der Waals surface area contributed by atoms with Crippen molar-refractivity contribution in [2.75, 3.05) is 13.1 Å². The number of carbonyl (C=O) groups is 2. The minimum Gasteiger partial charge on any atom is -0.444 e. The minimum absolute atomic E-state index is 0. The number of piperazine rings is 1. The van der Waals surface area contributed by atoms with E-state index in [9.17, 15) is 14.0 Å². The topological polar surface area (TPSA) is 49.9 Å². The van der Waals surface area contributed by atoms with E-state index < -0.39 is 5.60 Å². The molecular formula is C18H27Cl2FN2O3. The van der Waals surface area contributed by atoms with Gasteiger partial charge in [0.1, 0.15) is 11.4 Å². The Morgan fingerprint density at radius 2 is 1.50 bits per heavy atom. The maximum absolute atomic E-state index is 13.0. The summed E-state index contributed by atoms with van der Waals surface area (Å²) in [6.07, 6.45) is -0.366. The Labute approximate surface area is 166 Å². The number of halogens is 3. The Hall–Kier alpha value is -1.53. The van der Waals surface area contributed by atoms with Gasteiger partial charge in [0.25, 0.3) is 5.91 Å². The van der Waals surface area contributed by atoms with Crippen LogP contribution in [0.5, 0.6) is 0 Å². The van der Waals surface area contributed by atoms with Gasteiger partial charge in [-0.2, -0.15) is 0 Å². The van der Waals surface area contributed by atoms with Crippen molar-refractivity contribution in [1.29, 1.82) is 0 Å². The third-order valence-electron chi connectivity index (χ3n) is 3.90. The number of carbonyl (C=O) groups excluding carboxylic acids is 2. The van der Waals surface area contributed by atoms with Gasteiger partial charge in [-0.1, -0.05) is 0 Å². The summed E-state index contributed by atoms with van der Waals surface area (Å²) in [6.45, 7) is 10.1. The number of nitrogens with zero attached hydrogens (tertiary/aromatic N) is 2. The van der Waals surface area contributed by atoms with E-state index in [1.807, 2.05) is 34.6 Å². The second kappa shape index (κ2) is 9.42. The van der Waals surface area contributed by atoms with Gasteiger partial charge in [0.05, 0.1) is 0 Å². The molecule has 1 saturated heterocycles. The third kappa shape index (κ3) is 6.02. The van der Waals surface area contributed by atoms with Crippen molar-refractivity contribution in [2.45, 2.75) is 52.3 Å². The normalized spacial score (nSPS) is 19.9. The number of hydrogen-bond donors (Lipinski definition) is 0. The Balaban J connectivity index is 0.00000312. The molecule has 1 fully saturated rings. The smallest absolute Gasteiger partial charge is 0.410 e. The first-order valence-electron chi connectivity index (χ1n) is 8.14. The lowest BCUT2D eigenvalue weighted by molar-refractivity contribution is -0.00488. The molecule has 1 aliphatic rings. The first-order valence-corrected chi connectivity index (χ1v) is 8.14. The number of benzene rings is 1. The van der Waals surface area contributed by atoms with Gasteiger partial charge in [-0.05, 0) is 58.9 Å². The highest BCUT2D eigenvalue weighted by atomic mass is 35.5. The van der Waals surface area contributed by atoms with Crippen LogP contribution in [0.2, 0.25) is 0 Å². The molecule has 1 aliphatic heterocycles. The summed E-state index contributed by atoms with van der Waals surface area (Å²) in [6, 6.07) is 5.21. The van der Waals surface area contributed by atoms with Crippen molar-refractivity contribution < 1.29 is 18.7 Å². The molecule has 0 aliphatic carbocycles. The standard InChI is InChI=1S/C18H25FN2O3.2ClH/c1-12-10-20(17(23)24-18(3,4)5)11-13(2)21(12)16(22)14-6-8-15(19)9-7-14;;/h6-9,12-13H,10-11H2,1-5H3;2*1H/t12-,13+;;. The quantitative estimate of drug-likeness (QED) is 0.701. The molecule has 2 amide bonds. The van der Waals surface area contributed by atoms with Crippen LogP contribution >= 0.6 is 24.8 Å². The van der Waals surface area contributed by atoms with Gasteiger partial charge in [-0.25, -0.2) is 9.18 Å². The molecule has 1 heterocycles. The second-order valence-electron chi connectivity index (χ2n) is 7.30. The van der Waals surface area contributed by atoms with E-state index in [4.69, 9.17) is 4.74 Å². The van der Waals surface area contributed by atoms with Crippen LogP contribution in [0.1, 0.15) is 45.0 Å². The van der Waals surface area contributed by atoms with Gasteiger partial charge >= 0.3 is 6.09 Å². The third-order valence-corrected chi connectivity index (χ3v) is 3.90. The molecule has 26 heavy (non-hydrogen) atoms. The molecular weight excluding hydrogens is 382 g/mol. The van der Waals surface area contributed by atoms with Crippen molar-refractivity contribution in [3.05, 3.63) is 35.6 Å². The predicted octanol–water partition coefficient (Wildman–Crippen LogP) is 4.14. The zero-order valence-corrected chi connectivity index (χ0v) is 17.3. The molecule has 2 rings (SSSR count). The van der Waals surface area contributed by atoms with Crippen LogP contribution in [0, 0.1) is 5.82 Å². The van der Waals surface area contributed by atoms with Crippen LogP contribution < -0.4 is 0 Å². The lowest BCUT2D eigenvalue weighted by atomic mass is 10.1. The van der Waals surface area contributed by atoms with E-state index >= 15 is 0 Å². The molecule has 8 heteroatoms. The second-order valence-corrected chi connectivity index (χ2v) is 7.30. The molecule has 2 atom stereocenters. The molecule has 1 aromatic carbocycles. The average molecular weight is 409 g/mol. The molecule has 0 unspecified atom stereocenters. The molecule has 0 aromatic heterocycles. The molecule has 148 valence electrons. The van der Waals surface area contributed by atoms with Crippen LogP contribution in [-0.2, 0) is 4.74 Å². The molecule has 0 saturated carbocycles. The zero-order valence-electron chi connectivity index (χ0n) is 15.7. The van der Waals surface area contributed by atoms with Crippen LogP contribution in [0.4, 0.5) is 9.18 Å². The lowest BCUT2D eigenvalue weighted by Crippen LogP contribution is -2.60. The van der Waals surface area contributed by atoms with Crippen molar-refractivity contribution in [1.82, 2.24) is 9.80 Å². The highest BCUT2D eigenvalue weighted by Gasteiger charge is 2.36. The van der Waals surface area contributed by atoms with Crippen LogP contribution in [0.3, 0.4) is 0 Å². The fourth-order valence-electron chi connectivity index (χ4n) is 2.94. The van der Waals surface area contributed by atoms with Crippen molar-refractivity contribution in [3.63, 3.8) is 0 Å². The van der Waals surface area contributed by atoms with E-state index in [0.717, 1.165) is 0 Å². The molecule has 1 aromatic rings. The monoisotopic (exact) mass is 408 g/mol. The summed E-state index contributed by atoms with van der Waals surface area (Å²) in [4.78, 5) is 28.3. The van der Waals surface area contributed by atoms with Gasteiger partial charge in [-0.15, -0.1) is 24.8 Å². The largest absolute Gasteiger partial charge is 0.444 e. The Kier molecular flexibility index (Phi) is 8.86. The van der Waals surface area contributed by atoms with E-state index in [0.29, 0.717) is 18.7 Å². The first kappa shape index (κ1) is 24.5. The van der Waals surface area contributed by atoms with Crippen molar-refractivity contribution in [2.24, 2.45) is 0 Å². The van der Waals surface area contributed by atoms with Gasteiger partial charge in [0, 0.05) is 30.7 Å². The summed E-state index contributed by atoms with van der Waals surface area (Å²) in [5.41, 5.74) is -0.106. The zero-order chi connectivity index (χ0) is 18.1. The Morgan fingerprint density at radius 1 is 1.04 bits per heavy atom. The van der Waals surface area contributed by atoms with Gasteiger partial charge in [-0.3, -0.25) is 4.79 Å². The lowest BCUT2D eigenvalue weighted by Gasteiger charge is -2.44. The average Bonchev–Trinajstić information content (AvgIpc) is 2.45. The van der Waals surface area contributed by atoms with E-state index in [2.05, 4.69) is 0 Å². The highest BCUT2D eigenvalue weighted by molar-refractivity contribution is 5.94. The molecule has 0 bridgehead atoms. The van der Waals surface area contributed by atoms with Gasteiger partial charge in [0.2, 0.25) is 0 Å². The Morgan fingerprint density at radius 3 is 1.92 bits per heavy atom. The molecule has 0 N–H and O–H groups in total. The van der Waals surface area contributed by atoms with Crippen LogP contribution in [-0.4, -0.2) is 52.6 Å². The fraction of sp³-hybridized carbons (Fsp3) is 0.556. The summed E-state index contributed by atoms with van der Waals surface area (Å²) in [5.74, 6) is -0.527. The van der Waals surface area contributed by atoms with Gasteiger partial charge < -0.3 is 14.5 Å².